The maximum Gasteiger partial charge on any atom is 0.258 e. The van der Waals surface area contributed by atoms with Gasteiger partial charge in [0, 0.05) is 0 Å². The molecule has 2 rings (SSSR count). The van der Waals surface area contributed by atoms with Gasteiger partial charge in [0.2, 0.25) is 0 Å². The van der Waals surface area contributed by atoms with Crippen molar-refractivity contribution in [2.45, 2.75) is 45.6 Å². The first-order valence-electron chi connectivity index (χ1n) is 8.50. The number of carbonyl (C=O) groups excluding carboxylic acids is 1. The minimum absolute atomic E-state index is 0.0215. The molecule has 0 saturated carbocycles. The Morgan fingerprint density at radius 3 is 2.29 bits per heavy atom. The molecule has 1 unspecified atom stereocenters. The molecule has 1 atom stereocenters. The van der Waals surface area contributed by atoms with Gasteiger partial charge in [0.05, 0.1) is 6.04 Å². The lowest BCUT2D eigenvalue weighted by Gasteiger charge is -2.23. The predicted molar refractivity (Wildman–Crippen MR) is 98.3 cm³/mol. The van der Waals surface area contributed by atoms with Crippen LogP contribution in [0.15, 0.2) is 54.6 Å². The maximum atomic E-state index is 12.0. The van der Waals surface area contributed by atoms with Crippen molar-refractivity contribution in [3.63, 3.8) is 0 Å². The molecular formula is C21H27NO2. The van der Waals surface area contributed by atoms with Crippen LogP contribution in [0.2, 0.25) is 0 Å². The van der Waals surface area contributed by atoms with Crippen LogP contribution in [0, 0.1) is 0 Å². The fourth-order valence-electron chi connectivity index (χ4n) is 2.46. The SMILES string of the molecule is CCC(C)(C)c1ccc(OCC(=O)NC(C)c2ccccc2)cc1. The molecule has 0 fully saturated rings. The van der Waals surface area contributed by atoms with E-state index < -0.39 is 0 Å². The molecule has 0 bridgehead atoms. The number of benzene rings is 2. The normalized spacial score (nSPS) is 12.5. The van der Waals surface area contributed by atoms with Crippen LogP contribution in [0.4, 0.5) is 0 Å². The van der Waals surface area contributed by atoms with Crippen molar-refractivity contribution in [3.8, 4) is 5.75 Å². The average Bonchev–Trinajstić information content (AvgIpc) is 2.61. The molecule has 0 saturated heterocycles. The zero-order chi connectivity index (χ0) is 17.6. The van der Waals surface area contributed by atoms with Crippen molar-refractivity contribution in [2.24, 2.45) is 0 Å². The van der Waals surface area contributed by atoms with E-state index in [4.69, 9.17) is 4.74 Å². The summed E-state index contributed by atoms with van der Waals surface area (Å²) in [5.41, 5.74) is 2.51. The second-order valence-electron chi connectivity index (χ2n) is 6.75. The molecule has 0 radical (unpaired) electrons. The minimum Gasteiger partial charge on any atom is -0.484 e. The molecule has 128 valence electrons. The predicted octanol–water partition coefficient (Wildman–Crippen LogP) is 4.63. The summed E-state index contributed by atoms with van der Waals surface area (Å²) in [6, 6.07) is 17.9. The summed E-state index contributed by atoms with van der Waals surface area (Å²) >= 11 is 0. The Bertz CT molecular complexity index is 647. The number of hydrogen-bond acceptors (Lipinski definition) is 2. The van der Waals surface area contributed by atoms with Crippen molar-refractivity contribution in [2.75, 3.05) is 6.61 Å². The molecule has 0 aliphatic heterocycles. The third-order valence-corrected chi connectivity index (χ3v) is 4.57. The Kier molecular flexibility index (Phi) is 6.02. The van der Waals surface area contributed by atoms with Gasteiger partial charge in [0.25, 0.3) is 5.91 Å². The summed E-state index contributed by atoms with van der Waals surface area (Å²) in [6.07, 6.45) is 1.08. The molecule has 0 heterocycles. The van der Waals surface area contributed by atoms with Gasteiger partial charge < -0.3 is 10.1 Å². The zero-order valence-corrected chi connectivity index (χ0v) is 15.0. The highest BCUT2D eigenvalue weighted by molar-refractivity contribution is 5.78. The van der Waals surface area contributed by atoms with Crippen LogP contribution in [-0.4, -0.2) is 12.5 Å². The number of hydrogen-bond donors (Lipinski definition) is 1. The summed E-state index contributed by atoms with van der Waals surface area (Å²) in [5, 5.41) is 2.95. The number of amides is 1. The van der Waals surface area contributed by atoms with Crippen molar-refractivity contribution in [3.05, 3.63) is 65.7 Å². The van der Waals surface area contributed by atoms with E-state index in [2.05, 4.69) is 38.2 Å². The molecule has 0 aliphatic rings. The first-order valence-corrected chi connectivity index (χ1v) is 8.50. The van der Waals surface area contributed by atoms with Gasteiger partial charge in [-0.05, 0) is 42.0 Å². The van der Waals surface area contributed by atoms with E-state index in [0.717, 1.165) is 12.0 Å². The van der Waals surface area contributed by atoms with E-state index in [-0.39, 0.29) is 24.0 Å². The van der Waals surface area contributed by atoms with Gasteiger partial charge in [-0.2, -0.15) is 0 Å². The number of ether oxygens (including phenoxy) is 1. The van der Waals surface area contributed by atoms with Gasteiger partial charge >= 0.3 is 0 Å². The smallest absolute Gasteiger partial charge is 0.258 e. The first kappa shape index (κ1) is 18.1. The van der Waals surface area contributed by atoms with Gasteiger partial charge in [-0.25, -0.2) is 0 Å². The van der Waals surface area contributed by atoms with Crippen LogP contribution in [-0.2, 0) is 10.2 Å². The third-order valence-electron chi connectivity index (χ3n) is 4.57. The Hall–Kier alpha value is -2.29. The second kappa shape index (κ2) is 8.00. The van der Waals surface area contributed by atoms with Crippen LogP contribution in [0.5, 0.6) is 5.75 Å². The Balaban J connectivity index is 1.86. The van der Waals surface area contributed by atoms with Crippen LogP contribution < -0.4 is 10.1 Å². The van der Waals surface area contributed by atoms with Crippen LogP contribution in [0.3, 0.4) is 0 Å². The topological polar surface area (TPSA) is 38.3 Å². The van der Waals surface area contributed by atoms with Gasteiger partial charge in [0.1, 0.15) is 5.75 Å². The lowest BCUT2D eigenvalue weighted by atomic mass is 9.82. The molecular weight excluding hydrogens is 298 g/mol. The van der Waals surface area contributed by atoms with Gasteiger partial charge in [-0.15, -0.1) is 0 Å². The quantitative estimate of drug-likeness (QED) is 0.806. The van der Waals surface area contributed by atoms with Crippen LogP contribution >= 0.6 is 0 Å². The van der Waals surface area contributed by atoms with Crippen molar-refractivity contribution >= 4 is 5.91 Å². The Morgan fingerprint density at radius 2 is 1.71 bits per heavy atom. The molecule has 3 nitrogen and oxygen atoms in total. The van der Waals surface area contributed by atoms with Crippen LogP contribution in [0.1, 0.15) is 51.3 Å². The van der Waals surface area contributed by atoms with Crippen molar-refractivity contribution in [1.82, 2.24) is 5.32 Å². The van der Waals surface area contributed by atoms with E-state index >= 15 is 0 Å². The van der Waals surface area contributed by atoms with E-state index in [0.29, 0.717) is 5.75 Å². The molecule has 1 N–H and O–H groups in total. The monoisotopic (exact) mass is 325 g/mol. The van der Waals surface area contributed by atoms with Crippen LogP contribution in [0.25, 0.3) is 0 Å². The second-order valence-corrected chi connectivity index (χ2v) is 6.75. The molecule has 2 aromatic rings. The van der Waals surface area contributed by atoms with E-state index in [1.807, 2.05) is 49.4 Å². The highest BCUT2D eigenvalue weighted by Gasteiger charge is 2.17. The minimum atomic E-state index is -0.121. The number of rotatable bonds is 7. The average molecular weight is 325 g/mol. The number of nitrogens with one attached hydrogen (secondary N) is 1. The van der Waals surface area contributed by atoms with Gasteiger partial charge in [0.15, 0.2) is 6.61 Å². The Morgan fingerprint density at radius 1 is 1.08 bits per heavy atom. The highest BCUT2D eigenvalue weighted by atomic mass is 16.5. The summed E-state index contributed by atoms with van der Waals surface area (Å²) in [6.45, 7) is 8.62. The lowest BCUT2D eigenvalue weighted by Crippen LogP contribution is -2.31. The number of carbonyl (C=O) groups is 1. The molecule has 3 heteroatoms. The summed E-state index contributed by atoms with van der Waals surface area (Å²) < 4.78 is 5.59. The fraction of sp³-hybridized carbons (Fsp3) is 0.381. The maximum absolute atomic E-state index is 12.0. The molecule has 0 aliphatic carbocycles. The summed E-state index contributed by atoms with van der Waals surface area (Å²) in [4.78, 5) is 12.0. The largest absolute Gasteiger partial charge is 0.484 e. The van der Waals surface area contributed by atoms with E-state index in [9.17, 15) is 4.79 Å². The van der Waals surface area contributed by atoms with Gasteiger partial charge in [-0.1, -0.05) is 63.2 Å². The zero-order valence-electron chi connectivity index (χ0n) is 15.0. The molecule has 24 heavy (non-hydrogen) atoms. The Labute approximate surface area is 145 Å². The van der Waals surface area contributed by atoms with Crippen molar-refractivity contribution < 1.29 is 9.53 Å². The first-order chi connectivity index (χ1) is 11.4. The standard InChI is InChI=1S/C21H27NO2/c1-5-21(3,4)18-11-13-19(14-12-18)24-15-20(23)22-16(2)17-9-7-6-8-10-17/h6-14,16H,5,15H2,1-4H3,(H,22,23). The van der Waals surface area contributed by atoms with Gasteiger partial charge in [-0.3, -0.25) is 4.79 Å². The third kappa shape index (κ3) is 4.85. The summed E-state index contributed by atoms with van der Waals surface area (Å²) in [5.74, 6) is 0.595. The summed E-state index contributed by atoms with van der Waals surface area (Å²) in [7, 11) is 0. The van der Waals surface area contributed by atoms with Crippen molar-refractivity contribution in [1.29, 1.82) is 0 Å². The fourth-order valence-corrected chi connectivity index (χ4v) is 2.46. The molecule has 1 amide bonds. The lowest BCUT2D eigenvalue weighted by molar-refractivity contribution is -0.123. The molecule has 0 aromatic heterocycles. The van der Waals surface area contributed by atoms with E-state index in [1.54, 1.807) is 0 Å². The molecule has 2 aromatic carbocycles. The van der Waals surface area contributed by atoms with E-state index in [1.165, 1.54) is 5.56 Å². The highest BCUT2D eigenvalue weighted by Crippen LogP contribution is 2.28. The molecule has 0 spiro atoms.